The Labute approximate surface area is 118 Å². The van der Waals surface area contributed by atoms with Crippen LogP contribution in [0.5, 0.6) is 0 Å². The van der Waals surface area contributed by atoms with Crippen molar-refractivity contribution in [3.05, 3.63) is 47.2 Å². The van der Waals surface area contributed by atoms with E-state index in [0.29, 0.717) is 0 Å². The van der Waals surface area contributed by atoms with Crippen LogP contribution < -0.4 is 4.90 Å². The molecule has 0 fully saturated rings. The third-order valence-corrected chi connectivity index (χ3v) is 3.57. The van der Waals surface area contributed by atoms with Crippen molar-refractivity contribution in [1.29, 1.82) is 0 Å². The van der Waals surface area contributed by atoms with Gasteiger partial charge in [-0.25, -0.2) is 0 Å². The number of allylic oxidation sites excluding steroid dienone is 3. The predicted octanol–water partition coefficient (Wildman–Crippen LogP) is 5.42. The van der Waals surface area contributed by atoms with Gasteiger partial charge in [-0.05, 0) is 61.7 Å². The van der Waals surface area contributed by atoms with Gasteiger partial charge in [-0.3, -0.25) is 0 Å². The molecule has 0 bridgehead atoms. The second-order valence-corrected chi connectivity index (χ2v) is 4.83. The molecule has 0 aliphatic heterocycles. The van der Waals surface area contributed by atoms with Crippen LogP contribution in [0.4, 0.5) is 5.69 Å². The number of rotatable bonds is 3. The van der Waals surface area contributed by atoms with E-state index in [2.05, 4.69) is 63.2 Å². The Hall–Kier alpha value is -1.50. The van der Waals surface area contributed by atoms with Gasteiger partial charge in [0.2, 0.25) is 0 Å². The Morgan fingerprint density at radius 3 is 2.53 bits per heavy atom. The van der Waals surface area contributed by atoms with E-state index in [1.807, 2.05) is 13.8 Å². The molecule has 19 heavy (non-hydrogen) atoms. The van der Waals surface area contributed by atoms with Gasteiger partial charge in [-0.15, -0.1) is 0 Å². The van der Waals surface area contributed by atoms with Crippen molar-refractivity contribution in [2.75, 3.05) is 11.9 Å². The van der Waals surface area contributed by atoms with E-state index in [9.17, 15) is 0 Å². The van der Waals surface area contributed by atoms with Crippen LogP contribution in [-0.2, 0) is 6.42 Å². The zero-order valence-corrected chi connectivity index (χ0v) is 13.2. The van der Waals surface area contributed by atoms with Crippen molar-refractivity contribution in [2.45, 2.75) is 47.5 Å². The molecule has 0 saturated heterocycles. The lowest BCUT2D eigenvalue weighted by Gasteiger charge is -2.16. The molecule has 104 valence electrons. The molecule has 1 aromatic rings. The number of hydrogen-bond donors (Lipinski definition) is 0. The fourth-order valence-corrected chi connectivity index (χ4v) is 2.28. The van der Waals surface area contributed by atoms with E-state index in [1.165, 1.54) is 28.0 Å². The maximum Gasteiger partial charge on any atom is 0.0409 e. The van der Waals surface area contributed by atoms with E-state index >= 15 is 0 Å². The van der Waals surface area contributed by atoms with E-state index in [0.717, 1.165) is 12.8 Å². The van der Waals surface area contributed by atoms with Gasteiger partial charge in [-0.2, -0.15) is 0 Å². The quantitative estimate of drug-likeness (QED) is 0.698. The lowest BCUT2D eigenvalue weighted by atomic mass is 10.1. The van der Waals surface area contributed by atoms with Crippen LogP contribution in [-0.4, -0.2) is 7.05 Å². The Bertz CT molecular complexity index is 480. The summed E-state index contributed by atoms with van der Waals surface area (Å²) in [5, 5.41) is 0. The second kappa shape index (κ2) is 7.18. The molecule has 0 N–H and O–H groups in total. The summed E-state index contributed by atoms with van der Waals surface area (Å²) in [5.41, 5.74) is 7.12. The first-order valence-electron chi connectivity index (χ1n) is 7.32. The average molecular weight is 257 g/mol. The number of anilines is 1. The monoisotopic (exact) mass is 257 g/mol. The molecule has 0 aromatic heterocycles. The SMILES string of the molecule is CC.CCC=CN(C)c1ccc2c(c1)C(C)=C(C)C2. The highest BCUT2D eigenvalue weighted by Crippen LogP contribution is 2.34. The summed E-state index contributed by atoms with van der Waals surface area (Å²) in [6.45, 7) is 10.6. The van der Waals surface area contributed by atoms with Gasteiger partial charge in [0.05, 0.1) is 0 Å². The molecule has 0 unspecified atom stereocenters. The van der Waals surface area contributed by atoms with E-state index < -0.39 is 0 Å². The fraction of sp³-hybridized carbons (Fsp3) is 0.444. The van der Waals surface area contributed by atoms with Crippen molar-refractivity contribution < 1.29 is 0 Å². The number of nitrogens with zero attached hydrogens (tertiary/aromatic N) is 1. The topological polar surface area (TPSA) is 3.24 Å². The van der Waals surface area contributed by atoms with Gasteiger partial charge >= 0.3 is 0 Å². The minimum Gasteiger partial charge on any atom is -0.351 e. The van der Waals surface area contributed by atoms with Gasteiger partial charge in [0, 0.05) is 12.7 Å². The van der Waals surface area contributed by atoms with Crippen LogP contribution in [0.2, 0.25) is 0 Å². The third kappa shape index (κ3) is 3.50. The zero-order chi connectivity index (χ0) is 14.4. The summed E-state index contributed by atoms with van der Waals surface area (Å²) in [6.07, 6.45) is 6.52. The highest BCUT2D eigenvalue weighted by molar-refractivity contribution is 5.77. The van der Waals surface area contributed by atoms with Crippen molar-refractivity contribution in [2.24, 2.45) is 0 Å². The highest BCUT2D eigenvalue weighted by Gasteiger charge is 2.15. The molecule has 0 amide bonds. The third-order valence-electron chi connectivity index (χ3n) is 3.57. The molecule has 0 atom stereocenters. The Kier molecular flexibility index (Phi) is 5.88. The first-order chi connectivity index (χ1) is 9.13. The zero-order valence-electron chi connectivity index (χ0n) is 13.2. The average Bonchev–Trinajstić information content (AvgIpc) is 2.73. The number of benzene rings is 1. The summed E-state index contributed by atoms with van der Waals surface area (Å²) < 4.78 is 0. The maximum atomic E-state index is 2.31. The van der Waals surface area contributed by atoms with Crippen molar-refractivity contribution in [3.8, 4) is 0 Å². The largest absolute Gasteiger partial charge is 0.351 e. The molecule has 1 aliphatic carbocycles. The first-order valence-corrected chi connectivity index (χ1v) is 7.32. The summed E-state index contributed by atoms with van der Waals surface area (Å²) in [5.74, 6) is 0. The van der Waals surface area contributed by atoms with Crippen molar-refractivity contribution >= 4 is 11.3 Å². The lowest BCUT2D eigenvalue weighted by molar-refractivity contribution is 1.14. The van der Waals surface area contributed by atoms with Gasteiger partial charge in [0.25, 0.3) is 0 Å². The Morgan fingerprint density at radius 1 is 1.21 bits per heavy atom. The van der Waals surface area contributed by atoms with Gasteiger partial charge < -0.3 is 4.90 Å². The van der Waals surface area contributed by atoms with Gasteiger partial charge in [0.15, 0.2) is 0 Å². The molecular weight excluding hydrogens is 230 g/mol. The fourth-order valence-electron chi connectivity index (χ4n) is 2.28. The van der Waals surface area contributed by atoms with Crippen LogP contribution in [0.25, 0.3) is 5.57 Å². The molecule has 0 spiro atoms. The van der Waals surface area contributed by atoms with E-state index in [1.54, 1.807) is 0 Å². The normalized spacial score (nSPS) is 13.4. The molecular formula is C18H27N. The molecule has 0 heterocycles. The van der Waals surface area contributed by atoms with Gasteiger partial charge in [-0.1, -0.05) is 38.5 Å². The summed E-state index contributed by atoms with van der Waals surface area (Å²) in [6, 6.07) is 6.78. The Morgan fingerprint density at radius 2 is 1.89 bits per heavy atom. The summed E-state index contributed by atoms with van der Waals surface area (Å²) in [7, 11) is 2.11. The molecule has 1 nitrogen and oxygen atoms in total. The molecule has 1 heteroatoms. The minimum atomic E-state index is 1.08. The Balaban J connectivity index is 0.000000861. The van der Waals surface area contributed by atoms with E-state index in [-0.39, 0.29) is 0 Å². The molecule has 1 aromatic carbocycles. The summed E-state index contributed by atoms with van der Waals surface area (Å²) in [4.78, 5) is 2.19. The number of fused-ring (bicyclic) bond motifs is 1. The predicted molar refractivity (Wildman–Crippen MR) is 87.6 cm³/mol. The molecule has 0 radical (unpaired) electrons. The van der Waals surface area contributed by atoms with Crippen LogP contribution in [0.3, 0.4) is 0 Å². The summed E-state index contributed by atoms with van der Waals surface area (Å²) >= 11 is 0. The van der Waals surface area contributed by atoms with Crippen LogP contribution in [0.15, 0.2) is 36.0 Å². The molecule has 0 saturated carbocycles. The van der Waals surface area contributed by atoms with E-state index in [4.69, 9.17) is 0 Å². The molecule has 2 rings (SSSR count). The molecule has 1 aliphatic rings. The first kappa shape index (κ1) is 15.6. The smallest absolute Gasteiger partial charge is 0.0409 e. The van der Waals surface area contributed by atoms with Crippen LogP contribution in [0, 0.1) is 0 Å². The van der Waals surface area contributed by atoms with Crippen molar-refractivity contribution in [1.82, 2.24) is 0 Å². The van der Waals surface area contributed by atoms with Crippen LogP contribution in [0.1, 0.15) is 52.2 Å². The maximum absolute atomic E-state index is 2.31. The standard InChI is InChI=1S/C16H21N.C2H6/c1-5-6-9-17(4)15-8-7-14-10-12(2)13(3)16(14)11-15;1-2/h6-9,11H,5,10H2,1-4H3;1-2H3. The minimum absolute atomic E-state index is 1.08. The van der Waals surface area contributed by atoms with Crippen molar-refractivity contribution in [3.63, 3.8) is 0 Å². The number of hydrogen-bond acceptors (Lipinski definition) is 1. The van der Waals surface area contributed by atoms with Gasteiger partial charge in [0.1, 0.15) is 0 Å². The second-order valence-electron chi connectivity index (χ2n) is 4.83. The lowest BCUT2D eigenvalue weighted by Crippen LogP contribution is -2.08. The highest BCUT2D eigenvalue weighted by atomic mass is 15.1. The van der Waals surface area contributed by atoms with Crippen LogP contribution >= 0.6 is 0 Å².